The third kappa shape index (κ3) is 4.39. The molecule has 24 heavy (non-hydrogen) atoms. The lowest BCUT2D eigenvalue weighted by Gasteiger charge is -2.04. The highest BCUT2D eigenvalue weighted by molar-refractivity contribution is 6.32. The van der Waals surface area contributed by atoms with Crippen molar-refractivity contribution in [3.8, 4) is 0 Å². The zero-order valence-electron chi connectivity index (χ0n) is 13.2. The number of benzene rings is 2. The zero-order chi connectivity index (χ0) is 17.7. The molecule has 2 aromatic carbocycles. The standard InChI is InChI=1S/C17H16ClN3O3/c1-11(2)13-5-3-12(4-6-13)10-19-20-17(22)14-7-8-15(18)16(9-14)21(23)24/h3-11H,1-2H3,(H,20,22). The van der Waals surface area contributed by atoms with E-state index in [9.17, 15) is 14.9 Å². The molecule has 0 aliphatic carbocycles. The van der Waals surface area contributed by atoms with Crippen LogP contribution >= 0.6 is 11.6 Å². The highest BCUT2D eigenvalue weighted by Gasteiger charge is 2.15. The Balaban J connectivity index is 2.05. The molecule has 0 aromatic heterocycles. The number of rotatable bonds is 5. The predicted octanol–water partition coefficient (Wildman–Crippen LogP) is 4.14. The van der Waals surface area contributed by atoms with Crippen LogP contribution in [0.15, 0.2) is 47.6 Å². The molecule has 0 bridgehead atoms. The quantitative estimate of drug-likeness (QED) is 0.502. The minimum atomic E-state index is -0.640. The molecule has 124 valence electrons. The summed E-state index contributed by atoms with van der Waals surface area (Å²) in [6.07, 6.45) is 1.51. The summed E-state index contributed by atoms with van der Waals surface area (Å²) in [5.41, 5.74) is 4.17. The first-order valence-electron chi connectivity index (χ1n) is 7.26. The lowest BCUT2D eigenvalue weighted by atomic mass is 10.0. The van der Waals surface area contributed by atoms with Crippen LogP contribution in [0.1, 0.15) is 41.3 Å². The first kappa shape index (κ1) is 17.6. The fourth-order valence-corrected chi connectivity index (χ4v) is 2.18. The van der Waals surface area contributed by atoms with Crippen molar-refractivity contribution in [3.63, 3.8) is 0 Å². The first-order chi connectivity index (χ1) is 11.4. The van der Waals surface area contributed by atoms with Crippen LogP contribution in [0.5, 0.6) is 0 Å². The molecule has 0 aliphatic heterocycles. The van der Waals surface area contributed by atoms with Crippen molar-refractivity contribution in [2.45, 2.75) is 19.8 Å². The molecule has 0 saturated carbocycles. The summed E-state index contributed by atoms with van der Waals surface area (Å²) in [6, 6.07) is 11.6. The van der Waals surface area contributed by atoms with Crippen LogP contribution in [0.3, 0.4) is 0 Å². The topological polar surface area (TPSA) is 84.6 Å². The molecular formula is C17H16ClN3O3. The molecule has 0 aliphatic rings. The number of nitro benzene ring substituents is 1. The minimum Gasteiger partial charge on any atom is -0.267 e. The second-order valence-electron chi connectivity index (χ2n) is 5.44. The Labute approximate surface area is 144 Å². The third-order valence-corrected chi connectivity index (χ3v) is 3.71. The third-order valence-electron chi connectivity index (χ3n) is 3.39. The second kappa shape index (κ2) is 7.70. The van der Waals surface area contributed by atoms with E-state index < -0.39 is 10.8 Å². The molecule has 6 nitrogen and oxygen atoms in total. The Kier molecular flexibility index (Phi) is 5.65. The molecule has 0 fully saturated rings. The highest BCUT2D eigenvalue weighted by atomic mass is 35.5. The molecule has 0 saturated heterocycles. The summed E-state index contributed by atoms with van der Waals surface area (Å²) in [4.78, 5) is 22.2. The van der Waals surface area contributed by atoms with Gasteiger partial charge in [-0.25, -0.2) is 5.43 Å². The van der Waals surface area contributed by atoms with E-state index in [1.807, 2.05) is 24.3 Å². The average Bonchev–Trinajstić information content (AvgIpc) is 2.55. The van der Waals surface area contributed by atoms with Gasteiger partial charge in [0.2, 0.25) is 0 Å². The minimum absolute atomic E-state index is 0.0229. The fourth-order valence-electron chi connectivity index (χ4n) is 1.99. The van der Waals surface area contributed by atoms with Gasteiger partial charge in [0.25, 0.3) is 11.6 Å². The summed E-state index contributed by atoms with van der Waals surface area (Å²) < 4.78 is 0. The van der Waals surface area contributed by atoms with Crippen LogP contribution in [0.2, 0.25) is 5.02 Å². The second-order valence-corrected chi connectivity index (χ2v) is 5.85. The van der Waals surface area contributed by atoms with Crippen molar-refractivity contribution in [1.82, 2.24) is 5.43 Å². The molecule has 2 rings (SSSR count). The summed E-state index contributed by atoms with van der Waals surface area (Å²) >= 11 is 5.71. The first-order valence-corrected chi connectivity index (χ1v) is 7.63. The van der Waals surface area contributed by atoms with Crippen LogP contribution in [-0.4, -0.2) is 17.0 Å². The molecule has 0 atom stereocenters. The van der Waals surface area contributed by atoms with Gasteiger partial charge in [0.15, 0.2) is 0 Å². The average molecular weight is 346 g/mol. The lowest BCUT2D eigenvalue weighted by Crippen LogP contribution is -2.17. The number of hydrogen-bond acceptors (Lipinski definition) is 4. The van der Waals surface area contributed by atoms with Crippen LogP contribution in [0.4, 0.5) is 5.69 Å². The van der Waals surface area contributed by atoms with Crippen LogP contribution in [0.25, 0.3) is 0 Å². The van der Waals surface area contributed by atoms with E-state index in [0.29, 0.717) is 5.92 Å². The maximum absolute atomic E-state index is 12.0. The fraction of sp³-hybridized carbons (Fsp3) is 0.176. The maximum atomic E-state index is 12.0. The highest BCUT2D eigenvalue weighted by Crippen LogP contribution is 2.24. The normalized spacial score (nSPS) is 11.0. The number of amides is 1. The molecule has 0 spiro atoms. The molecule has 0 unspecified atom stereocenters. The molecule has 2 aromatic rings. The van der Waals surface area contributed by atoms with Gasteiger partial charge >= 0.3 is 0 Å². The number of nitrogens with one attached hydrogen (secondary N) is 1. The number of carbonyl (C=O) groups is 1. The smallest absolute Gasteiger partial charge is 0.267 e. The van der Waals surface area contributed by atoms with Gasteiger partial charge in [0.05, 0.1) is 11.1 Å². The van der Waals surface area contributed by atoms with Gasteiger partial charge in [0, 0.05) is 11.6 Å². The SMILES string of the molecule is CC(C)c1ccc(C=NNC(=O)c2ccc(Cl)c([N+](=O)[O-])c2)cc1. The largest absolute Gasteiger partial charge is 0.288 e. The Morgan fingerprint density at radius 3 is 2.50 bits per heavy atom. The van der Waals surface area contributed by atoms with E-state index >= 15 is 0 Å². The van der Waals surface area contributed by atoms with Crippen molar-refractivity contribution in [2.24, 2.45) is 5.10 Å². The molecular weight excluding hydrogens is 330 g/mol. The van der Waals surface area contributed by atoms with Gasteiger partial charge in [-0.1, -0.05) is 49.7 Å². The summed E-state index contributed by atoms with van der Waals surface area (Å²) in [6.45, 7) is 4.21. The Hall–Kier alpha value is -2.73. The van der Waals surface area contributed by atoms with Crippen molar-refractivity contribution in [3.05, 3.63) is 74.3 Å². The monoisotopic (exact) mass is 345 g/mol. The molecule has 1 N–H and O–H groups in total. The zero-order valence-corrected chi connectivity index (χ0v) is 13.9. The number of nitro groups is 1. The van der Waals surface area contributed by atoms with E-state index in [0.717, 1.165) is 11.6 Å². The summed E-state index contributed by atoms with van der Waals surface area (Å²) in [7, 11) is 0. The van der Waals surface area contributed by atoms with Crippen LogP contribution < -0.4 is 5.43 Å². The predicted molar refractivity (Wildman–Crippen MR) is 93.7 cm³/mol. The van der Waals surface area contributed by atoms with E-state index in [4.69, 9.17) is 11.6 Å². The maximum Gasteiger partial charge on any atom is 0.288 e. The number of halogens is 1. The number of nitrogens with zero attached hydrogens (tertiary/aromatic N) is 2. The Morgan fingerprint density at radius 2 is 1.92 bits per heavy atom. The molecule has 0 radical (unpaired) electrons. The van der Waals surface area contributed by atoms with Gasteiger partial charge in [-0.05, 0) is 29.2 Å². The summed E-state index contributed by atoms with van der Waals surface area (Å²) in [5.74, 6) is -0.110. The summed E-state index contributed by atoms with van der Waals surface area (Å²) in [5, 5.41) is 14.7. The van der Waals surface area contributed by atoms with Gasteiger partial charge in [0.1, 0.15) is 5.02 Å². The van der Waals surface area contributed by atoms with E-state index in [1.165, 1.54) is 23.9 Å². The number of carbonyl (C=O) groups excluding carboxylic acids is 1. The molecule has 0 heterocycles. The van der Waals surface area contributed by atoms with E-state index in [2.05, 4.69) is 24.4 Å². The lowest BCUT2D eigenvalue weighted by molar-refractivity contribution is -0.384. The van der Waals surface area contributed by atoms with Gasteiger partial charge in [-0.2, -0.15) is 5.10 Å². The molecule has 7 heteroatoms. The van der Waals surface area contributed by atoms with Crippen molar-refractivity contribution >= 4 is 29.4 Å². The van der Waals surface area contributed by atoms with Crippen molar-refractivity contribution < 1.29 is 9.72 Å². The van der Waals surface area contributed by atoms with Gasteiger partial charge in [-0.15, -0.1) is 0 Å². The number of hydrogen-bond donors (Lipinski definition) is 1. The van der Waals surface area contributed by atoms with Gasteiger partial charge < -0.3 is 0 Å². The number of hydrazone groups is 1. The Bertz CT molecular complexity index is 786. The van der Waals surface area contributed by atoms with Crippen molar-refractivity contribution in [2.75, 3.05) is 0 Å². The molecule has 1 amide bonds. The van der Waals surface area contributed by atoms with Crippen LogP contribution in [-0.2, 0) is 0 Å². The van der Waals surface area contributed by atoms with Gasteiger partial charge in [-0.3, -0.25) is 14.9 Å². The van der Waals surface area contributed by atoms with E-state index in [1.54, 1.807) is 0 Å². The Morgan fingerprint density at radius 1 is 1.25 bits per heavy atom. The van der Waals surface area contributed by atoms with E-state index in [-0.39, 0.29) is 16.3 Å². The van der Waals surface area contributed by atoms with Crippen molar-refractivity contribution in [1.29, 1.82) is 0 Å². The van der Waals surface area contributed by atoms with Crippen LogP contribution in [0, 0.1) is 10.1 Å².